The van der Waals surface area contributed by atoms with Crippen molar-refractivity contribution in [3.05, 3.63) is 93.5 Å². The molecule has 3 aromatic rings. The molecule has 10 heteroatoms. The Kier molecular flexibility index (Phi) is 7.10. The molecule has 1 aliphatic rings. The molecule has 0 bridgehead atoms. The molecule has 4 rings (SSSR count). The lowest BCUT2D eigenvalue weighted by molar-refractivity contribution is -0.384. The van der Waals surface area contributed by atoms with E-state index < -0.39 is 28.4 Å². The molecule has 0 aliphatic carbocycles. The molecule has 0 saturated carbocycles. The highest BCUT2D eigenvalue weighted by Crippen LogP contribution is 2.44. The van der Waals surface area contributed by atoms with E-state index in [1.165, 1.54) is 37.3 Å². The topological polar surface area (TPSA) is 128 Å². The van der Waals surface area contributed by atoms with Crippen molar-refractivity contribution in [1.82, 2.24) is 0 Å². The number of Topliss-reactive ketones (excluding diaryl/α,β-unsaturated/α-hetero) is 1. The fraction of sp³-hybridized carbons (Fsp3) is 0.185. The second-order valence-corrected chi connectivity index (χ2v) is 8.02. The molecule has 0 aromatic heterocycles. The van der Waals surface area contributed by atoms with Crippen LogP contribution in [0.15, 0.2) is 72.3 Å². The van der Waals surface area contributed by atoms with Crippen LogP contribution < -0.4 is 19.1 Å². The number of non-ortho nitro benzene ring substituents is 1. The van der Waals surface area contributed by atoms with Gasteiger partial charge in [0.05, 0.1) is 37.4 Å². The molecule has 3 aromatic carbocycles. The molecule has 10 nitrogen and oxygen atoms in total. The molecule has 0 spiro atoms. The highest BCUT2D eigenvalue weighted by Gasteiger charge is 2.47. The number of anilines is 1. The summed E-state index contributed by atoms with van der Waals surface area (Å²) in [4.78, 5) is 38.6. The van der Waals surface area contributed by atoms with E-state index in [0.29, 0.717) is 35.1 Å². The van der Waals surface area contributed by atoms with Crippen LogP contribution in [0.4, 0.5) is 11.4 Å². The number of amides is 1. The first-order valence-electron chi connectivity index (χ1n) is 11.3. The van der Waals surface area contributed by atoms with Crippen molar-refractivity contribution in [3.63, 3.8) is 0 Å². The van der Waals surface area contributed by atoms with E-state index in [-0.39, 0.29) is 16.8 Å². The Morgan fingerprint density at radius 2 is 1.70 bits per heavy atom. The second-order valence-electron chi connectivity index (χ2n) is 8.02. The number of carbonyl (C=O) groups excluding carboxylic acids is 2. The van der Waals surface area contributed by atoms with E-state index in [0.717, 1.165) is 6.07 Å². The molecule has 1 amide bonds. The van der Waals surface area contributed by atoms with Gasteiger partial charge in [-0.15, -0.1) is 0 Å². The van der Waals surface area contributed by atoms with Crippen LogP contribution in [0.2, 0.25) is 0 Å². The number of benzene rings is 3. The summed E-state index contributed by atoms with van der Waals surface area (Å²) >= 11 is 0. The molecule has 1 saturated heterocycles. The maximum Gasteiger partial charge on any atom is 0.300 e. The monoisotopic (exact) mass is 504 g/mol. The summed E-state index contributed by atoms with van der Waals surface area (Å²) in [6.45, 7) is 2.30. The van der Waals surface area contributed by atoms with Gasteiger partial charge in [0.1, 0.15) is 11.5 Å². The third kappa shape index (κ3) is 4.68. The minimum atomic E-state index is -1.06. The van der Waals surface area contributed by atoms with Crippen LogP contribution >= 0.6 is 0 Å². The lowest BCUT2D eigenvalue weighted by atomic mass is 9.94. The molecular formula is C27H24N2O8. The number of hydrogen-bond acceptors (Lipinski definition) is 8. The van der Waals surface area contributed by atoms with Gasteiger partial charge in [0.2, 0.25) is 0 Å². The van der Waals surface area contributed by atoms with Gasteiger partial charge in [0, 0.05) is 23.4 Å². The maximum atomic E-state index is 13.3. The first kappa shape index (κ1) is 25.2. The number of ether oxygens (including phenoxy) is 3. The van der Waals surface area contributed by atoms with Gasteiger partial charge in [0.25, 0.3) is 17.4 Å². The van der Waals surface area contributed by atoms with E-state index in [2.05, 4.69) is 0 Å². The van der Waals surface area contributed by atoms with Gasteiger partial charge in [-0.1, -0.05) is 18.2 Å². The van der Waals surface area contributed by atoms with E-state index in [1.54, 1.807) is 42.5 Å². The maximum absolute atomic E-state index is 13.3. The molecule has 1 fully saturated rings. The first-order chi connectivity index (χ1) is 17.8. The summed E-state index contributed by atoms with van der Waals surface area (Å²) in [5.74, 6) is -0.957. The van der Waals surface area contributed by atoms with Gasteiger partial charge < -0.3 is 19.3 Å². The Labute approximate surface area is 212 Å². The standard InChI is InChI=1S/C27H24N2O8/c1-4-37-20-11-9-18(10-12-20)28-24(16-8-13-21(35-2)22(15-16)36-3)23(26(31)27(28)32)25(30)17-6-5-7-19(14-17)29(33)34/h5-15,24,30H,4H2,1-3H3/b25-23+. The van der Waals surface area contributed by atoms with Gasteiger partial charge in [0.15, 0.2) is 11.5 Å². The number of aliphatic hydroxyl groups is 1. The van der Waals surface area contributed by atoms with Gasteiger partial charge in [-0.3, -0.25) is 24.6 Å². The van der Waals surface area contributed by atoms with Crippen molar-refractivity contribution < 1.29 is 33.8 Å². The molecule has 1 N–H and O–H groups in total. The molecule has 1 atom stereocenters. The zero-order valence-corrected chi connectivity index (χ0v) is 20.3. The number of nitrogens with zero attached hydrogens (tertiary/aromatic N) is 2. The van der Waals surface area contributed by atoms with Gasteiger partial charge in [-0.2, -0.15) is 0 Å². The van der Waals surface area contributed by atoms with Crippen LogP contribution in [0.25, 0.3) is 5.76 Å². The fourth-order valence-electron chi connectivity index (χ4n) is 4.23. The normalized spacial score (nSPS) is 16.5. The smallest absolute Gasteiger partial charge is 0.300 e. The molecule has 37 heavy (non-hydrogen) atoms. The first-order valence-corrected chi connectivity index (χ1v) is 11.3. The number of aliphatic hydroxyl groups excluding tert-OH is 1. The van der Waals surface area contributed by atoms with E-state index in [9.17, 15) is 24.8 Å². The van der Waals surface area contributed by atoms with Crippen LogP contribution in [0.1, 0.15) is 24.1 Å². The van der Waals surface area contributed by atoms with Crippen molar-refractivity contribution in [1.29, 1.82) is 0 Å². The molecule has 1 unspecified atom stereocenters. The van der Waals surface area contributed by atoms with Crippen LogP contribution in [0.3, 0.4) is 0 Å². The molecule has 0 radical (unpaired) electrons. The second kappa shape index (κ2) is 10.4. The van der Waals surface area contributed by atoms with Gasteiger partial charge in [-0.25, -0.2) is 0 Å². The predicted octanol–water partition coefficient (Wildman–Crippen LogP) is 4.64. The van der Waals surface area contributed by atoms with Crippen LogP contribution in [0, 0.1) is 10.1 Å². The Hall–Kier alpha value is -4.86. The van der Waals surface area contributed by atoms with Crippen LogP contribution in [0.5, 0.6) is 17.2 Å². The van der Waals surface area contributed by atoms with E-state index in [1.807, 2.05) is 6.92 Å². The quantitative estimate of drug-likeness (QED) is 0.155. The fourth-order valence-corrected chi connectivity index (χ4v) is 4.23. The molecule has 190 valence electrons. The van der Waals surface area contributed by atoms with E-state index >= 15 is 0 Å². The summed E-state index contributed by atoms with van der Waals surface area (Å²) in [6, 6.07) is 15.7. The number of ketones is 1. The summed E-state index contributed by atoms with van der Waals surface area (Å²) in [6.07, 6.45) is 0. The van der Waals surface area contributed by atoms with Crippen molar-refractivity contribution in [3.8, 4) is 17.2 Å². The van der Waals surface area contributed by atoms with Crippen molar-refractivity contribution in [2.45, 2.75) is 13.0 Å². The number of carbonyl (C=O) groups is 2. The average Bonchev–Trinajstić information content (AvgIpc) is 3.18. The van der Waals surface area contributed by atoms with Crippen molar-refractivity contribution in [2.75, 3.05) is 25.7 Å². The number of nitro groups is 1. The zero-order chi connectivity index (χ0) is 26.7. The highest BCUT2D eigenvalue weighted by atomic mass is 16.6. The van der Waals surface area contributed by atoms with Crippen molar-refractivity contribution >= 4 is 28.8 Å². The van der Waals surface area contributed by atoms with Gasteiger partial charge in [-0.05, 0) is 48.9 Å². The summed E-state index contributed by atoms with van der Waals surface area (Å²) in [7, 11) is 2.93. The van der Waals surface area contributed by atoms with Crippen LogP contribution in [-0.4, -0.2) is 42.5 Å². The lowest BCUT2D eigenvalue weighted by Gasteiger charge is -2.26. The zero-order valence-electron chi connectivity index (χ0n) is 20.3. The molecular weight excluding hydrogens is 480 g/mol. The molecule has 1 aliphatic heterocycles. The molecule has 1 heterocycles. The number of methoxy groups -OCH3 is 2. The predicted molar refractivity (Wildman–Crippen MR) is 135 cm³/mol. The van der Waals surface area contributed by atoms with Gasteiger partial charge >= 0.3 is 0 Å². The third-order valence-corrected chi connectivity index (χ3v) is 5.92. The van der Waals surface area contributed by atoms with Crippen LogP contribution in [-0.2, 0) is 9.59 Å². The SMILES string of the molecule is CCOc1ccc(N2C(=O)C(=O)/C(=C(/O)c3cccc([N+](=O)[O-])c3)C2c2ccc(OC)c(OC)c2)cc1. The minimum absolute atomic E-state index is 0.0318. The van der Waals surface area contributed by atoms with E-state index in [4.69, 9.17) is 14.2 Å². The Bertz CT molecular complexity index is 1400. The number of hydrogen-bond donors (Lipinski definition) is 1. The highest BCUT2D eigenvalue weighted by molar-refractivity contribution is 6.51. The number of nitro benzene ring substituents is 1. The Morgan fingerprint density at radius 1 is 1.00 bits per heavy atom. The minimum Gasteiger partial charge on any atom is -0.507 e. The summed E-state index contributed by atoms with van der Waals surface area (Å²) in [5.41, 5.74) is 0.393. The summed E-state index contributed by atoms with van der Waals surface area (Å²) < 4.78 is 16.2. The lowest BCUT2D eigenvalue weighted by Crippen LogP contribution is -2.29. The van der Waals surface area contributed by atoms with Crippen molar-refractivity contribution in [2.24, 2.45) is 0 Å². The Morgan fingerprint density at radius 3 is 2.32 bits per heavy atom. The Balaban J connectivity index is 1.94. The average molecular weight is 504 g/mol. The third-order valence-electron chi connectivity index (χ3n) is 5.92. The largest absolute Gasteiger partial charge is 0.507 e. The number of rotatable bonds is 8. The summed E-state index contributed by atoms with van der Waals surface area (Å²) in [5, 5.41) is 22.5.